The molecule has 2 atom stereocenters. The number of nitrogens with zero attached hydrogens (tertiary/aromatic N) is 1. The van der Waals surface area contributed by atoms with Crippen molar-refractivity contribution in [1.82, 2.24) is 0 Å². The Labute approximate surface area is 122 Å². The standard InChI is InChI=1S/C12H14ClNO5S/c1-18-9-5-3-8(4-6-9)14-10(11(13)12(14)15)7-19-20(2,16)17/h3-6,10-11H,7H2,1-2H3/t10-,11+/m1/s1. The molecule has 20 heavy (non-hydrogen) atoms. The fourth-order valence-electron chi connectivity index (χ4n) is 1.92. The third-order valence-corrected chi connectivity index (χ3v) is 3.99. The third kappa shape index (κ3) is 3.05. The van der Waals surface area contributed by atoms with Crippen molar-refractivity contribution in [3.8, 4) is 5.75 Å². The van der Waals surface area contributed by atoms with E-state index in [2.05, 4.69) is 0 Å². The number of hydrogen-bond acceptors (Lipinski definition) is 5. The van der Waals surface area contributed by atoms with Crippen molar-refractivity contribution in [3.05, 3.63) is 24.3 Å². The molecule has 1 aromatic carbocycles. The summed E-state index contributed by atoms with van der Waals surface area (Å²) in [6.45, 7) is -0.162. The Bertz CT molecular complexity index is 601. The molecule has 0 radical (unpaired) electrons. The quantitative estimate of drug-likeness (QED) is 0.460. The molecule has 0 spiro atoms. The van der Waals surface area contributed by atoms with E-state index >= 15 is 0 Å². The number of halogens is 1. The van der Waals surface area contributed by atoms with Gasteiger partial charge in [0, 0.05) is 5.69 Å². The van der Waals surface area contributed by atoms with Crippen molar-refractivity contribution in [3.63, 3.8) is 0 Å². The van der Waals surface area contributed by atoms with Crippen LogP contribution in [0.2, 0.25) is 0 Å². The average Bonchev–Trinajstić information content (AvgIpc) is 2.41. The van der Waals surface area contributed by atoms with Crippen LogP contribution in [0.5, 0.6) is 5.75 Å². The van der Waals surface area contributed by atoms with Crippen LogP contribution in [0.25, 0.3) is 0 Å². The van der Waals surface area contributed by atoms with Crippen LogP contribution in [0.15, 0.2) is 24.3 Å². The van der Waals surface area contributed by atoms with Gasteiger partial charge in [-0.3, -0.25) is 8.98 Å². The number of amides is 1. The van der Waals surface area contributed by atoms with Crippen LogP contribution < -0.4 is 9.64 Å². The zero-order chi connectivity index (χ0) is 14.9. The number of hydrogen-bond donors (Lipinski definition) is 0. The van der Waals surface area contributed by atoms with Crippen LogP contribution in [-0.4, -0.2) is 45.7 Å². The molecule has 1 fully saturated rings. The fraction of sp³-hybridized carbons (Fsp3) is 0.417. The van der Waals surface area contributed by atoms with E-state index in [0.29, 0.717) is 11.4 Å². The van der Waals surface area contributed by atoms with Crippen molar-refractivity contribution < 1.29 is 22.1 Å². The Morgan fingerprint density at radius 3 is 2.40 bits per heavy atom. The Kier molecular flexibility index (Phi) is 4.22. The van der Waals surface area contributed by atoms with Gasteiger partial charge in [0.2, 0.25) is 5.91 Å². The number of anilines is 1. The normalized spacial score (nSPS) is 22.6. The molecule has 8 heteroatoms. The van der Waals surface area contributed by atoms with E-state index in [1.54, 1.807) is 31.4 Å². The summed E-state index contributed by atoms with van der Waals surface area (Å²) in [5, 5.41) is -0.779. The summed E-state index contributed by atoms with van der Waals surface area (Å²) >= 11 is 5.91. The average molecular weight is 320 g/mol. The summed E-state index contributed by atoms with van der Waals surface area (Å²) in [4.78, 5) is 13.2. The minimum absolute atomic E-state index is 0.162. The molecule has 1 amide bonds. The van der Waals surface area contributed by atoms with E-state index < -0.39 is 21.5 Å². The highest BCUT2D eigenvalue weighted by molar-refractivity contribution is 7.85. The molecule has 0 aromatic heterocycles. The first kappa shape index (κ1) is 15.1. The van der Waals surface area contributed by atoms with Gasteiger partial charge < -0.3 is 9.64 Å². The molecule has 110 valence electrons. The lowest BCUT2D eigenvalue weighted by atomic mass is 10.0. The van der Waals surface area contributed by atoms with Gasteiger partial charge in [0.25, 0.3) is 10.1 Å². The third-order valence-electron chi connectivity index (χ3n) is 2.95. The van der Waals surface area contributed by atoms with E-state index in [0.717, 1.165) is 6.26 Å². The molecule has 6 nitrogen and oxygen atoms in total. The van der Waals surface area contributed by atoms with Crippen molar-refractivity contribution >= 4 is 33.3 Å². The highest BCUT2D eigenvalue weighted by atomic mass is 35.5. The molecule has 1 aromatic rings. The number of carbonyl (C=O) groups excluding carboxylic acids is 1. The Hall–Kier alpha value is -1.31. The molecular weight excluding hydrogens is 306 g/mol. The van der Waals surface area contributed by atoms with Gasteiger partial charge in [0.1, 0.15) is 11.1 Å². The van der Waals surface area contributed by atoms with Gasteiger partial charge in [0.15, 0.2) is 0 Å². The maximum atomic E-state index is 11.8. The van der Waals surface area contributed by atoms with Gasteiger partial charge in [-0.1, -0.05) is 0 Å². The minimum Gasteiger partial charge on any atom is -0.497 e. The van der Waals surface area contributed by atoms with Crippen molar-refractivity contribution in [2.45, 2.75) is 11.4 Å². The molecule has 1 saturated heterocycles. The van der Waals surface area contributed by atoms with Crippen LogP contribution in [0, 0.1) is 0 Å². The van der Waals surface area contributed by atoms with Crippen molar-refractivity contribution in [2.24, 2.45) is 0 Å². The fourth-order valence-corrected chi connectivity index (χ4v) is 2.60. The molecule has 0 aliphatic carbocycles. The predicted octanol–water partition coefficient (Wildman–Crippen LogP) is 0.994. The Morgan fingerprint density at radius 1 is 1.30 bits per heavy atom. The predicted molar refractivity (Wildman–Crippen MR) is 74.7 cm³/mol. The van der Waals surface area contributed by atoms with Crippen LogP contribution in [0.3, 0.4) is 0 Å². The minimum atomic E-state index is -3.57. The van der Waals surface area contributed by atoms with Gasteiger partial charge in [-0.25, -0.2) is 0 Å². The molecular formula is C12H14ClNO5S. The SMILES string of the molecule is COc1ccc(N2C(=O)[C@@H](Cl)[C@H]2COS(C)(=O)=O)cc1. The molecule has 0 saturated carbocycles. The number of carbonyl (C=O) groups is 1. The van der Waals surface area contributed by atoms with Gasteiger partial charge in [-0.2, -0.15) is 8.42 Å². The first-order valence-corrected chi connectivity index (χ1v) is 8.04. The molecule has 1 heterocycles. The van der Waals surface area contributed by atoms with Crippen molar-refractivity contribution in [2.75, 3.05) is 24.9 Å². The number of β-lactam (4-membered cyclic amide) rings is 1. The maximum absolute atomic E-state index is 11.8. The highest BCUT2D eigenvalue weighted by Crippen LogP contribution is 2.32. The van der Waals surface area contributed by atoms with Crippen molar-refractivity contribution in [1.29, 1.82) is 0 Å². The molecule has 1 aliphatic heterocycles. The maximum Gasteiger partial charge on any atom is 0.264 e. The summed E-state index contributed by atoms with van der Waals surface area (Å²) in [5.41, 5.74) is 0.620. The van der Waals surface area contributed by atoms with Crippen LogP contribution in [0.1, 0.15) is 0 Å². The Morgan fingerprint density at radius 2 is 1.90 bits per heavy atom. The van der Waals surface area contributed by atoms with Gasteiger partial charge >= 0.3 is 0 Å². The topological polar surface area (TPSA) is 72.9 Å². The first-order valence-electron chi connectivity index (χ1n) is 5.79. The summed E-state index contributed by atoms with van der Waals surface area (Å²) < 4.78 is 31.8. The molecule has 0 N–H and O–H groups in total. The lowest BCUT2D eigenvalue weighted by Gasteiger charge is -2.43. The lowest BCUT2D eigenvalue weighted by molar-refractivity contribution is -0.124. The largest absolute Gasteiger partial charge is 0.497 e. The van der Waals surface area contributed by atoms with E-state index in [1.165, 1.54) is 4.90 Å². The molecule has 0 bridgehead atoms. The zero-order valence-corrected chi connectivity index (χ0v) is 12.5. The van der Waals surface area contributed by atoms with Crippen LogP contribution >= 0.6 is 11.6 Å². The second kappa shape index (κ2) is 5.59. The molecule has 1 aliphatic rings. The highest BCUT2D eigenvalue weighted by Gasteiger charge is 2.47. The molecule has 2 rings (SSSR count). The zero-order valence-electron chi connectivity index (χ0n) is 10.9. The monoisotopic (exact) mass is 319 g/mol. The van der Waals surface area contributed by atoms with Gasteiger partial charge in [0.05, 0.1) is 26.0 Å². The second-order valence-electron chi connectivity index (χ2n) is 4.36. The van der Waals surface area contributed by atoms with E-state index in [1.807, 2.05) is 0 Å². The number of benzene rings is 1. The van der Waals surface area contributed by atoms with Gasteiger partial charge in [-0.15, -0.1) is 11.6 Å². The summed E-state index contributed by atoms with van der Waals surface area (Å²) in [7, 11) is -2.03. The number of ether oxygens (including phenoxy) is 1. The second-order valence-corrected chi connectivity index (χ2v) is 6.48. The smallest absolute Gasteiger partial charge is 0.264 e. The lowest BCUT2D eigenvalue weighted by Crippen LogP contribution is -2.64. The molecule has 0 unspecified atom stereocenters. The number of rotatable bonds is 5. The Balaban J connectivity index is 2.13. The first-order chi connectivity index (χ1) is 9.33. The number of alkyl halides is 1. The van der Waals surface area contributed by atoms with Crippen LogP contribution in [0.4, 0.5) is 5.69 Å². The summed E-state index contributed by atoms with van der Waals surface area (Å²) in [6.07, 6.45) is 0.953. The summed E-state index contributed by atoms with van der Waals surface area (Å²) in [5.74, 6) is 0.381. The van der Waals surface area contributed by atoms with E-state index in [4.69, 9.17) is 20.5 Å². The van der Waals surface area contributed by atoms with Gasteiger partial charge in [-0.05, 0) is 24.3 Å². The van der Waals surface area contributed by atoms with Crippen LogP contribution in [-0.2, 0) is 19.1 Å². The summed E-state index contributed by atoms with van der Waals surface area (Å²) in [6, 6.07) is 6.31. The van der Waals surface area contributed by atoms with E-state index in [-0.39, 0.29) is 12.5 Å². The van der Waals surface area contributed by atoms with E-state index in [9.17, 15) is 13.2 Å². The number of methoxy groups -OCH3 is 1.